The lowest BCUT2D eigenvalue weighted by Crippen LogP contribution is -2.40. The van der Waals surface area contributed by atoms with E-state index in [2.05, 4.69) is 15.4 Å². The van der Waals surface area contributed by atoms with Crippen molar-refractivity contribution in [2.75, 3.05) is 18.4 Å². The molecule has 1 aliphatic heterocycles. The van der Waals surface area contributed by atoms with Crippen molar-refractivity contribution in [3.8, 4) is 0 Å². The fourth-order valence-corrected chi connectivity index (χ4v) is 5.33. The van der Waals surface area contributed by atoms with Gasteiger partial charge in [0, 0.05) is 67.9 Å². The van der Waals surface area contributed by atoms with Crippen LogP contribution in [0.1, 0.15) is 58.3 Å². The van der Waals surface area contributed by atoms with Crippen LogP contribution in [0.4, 0.5) is 5.82 Å². The average Bonchev–Trinajstić information content (AvgIpc) is 3.47. The summed E-state index contributed by atoms with van der Waals surface area (Å²) in [5.41, 5.74) is 4.70. The first-order chi connectivity index (χ1) is 17.6. The first-order valence-electron chi connectivity index (χ1n) is 12.3. The van der Waals surface area contributed by atoms with Crippen molar-refractivity contribution in [3.05, 3.63) is 83.4 Å². The van der Waals surface area contributed by atoms with Gasteiger partial charge in [-0.05, 0) is 35.5 Å². The van der Waals surface area contributed by atoms with E-state index in [-0.39, 0.29) is 29.9 Å². The van der Waals surface area contributed by atoms with Crippen LogP contribution >= 0.6 is 0 Å². The van der Waals surface area contributed by atoms with Gasteiger partial charge >= 0.3 is 0 Å². The van der Waals surface area contributed by atoms with E-state index in [4.69, 9.17) is 12.8 Å². The van der Waals surface area contributed by atoms with Gasteiger partial charge in [0.05, 0.1) is 5.92 Å². The van der Waals surface area contributed by atoms with E-state index in [9.17, 15) is 9.59 Å². The first-order valence-corrected chi connectivity index (χ1v) is 12.3. The molecular weight excluding hydrogens is 451 g/mol. The van der Waals surface area contributed by atoms with Crippen molar-refractivity contribution >= 4 is 36.5 Å². The summed E-state index contributed by atoms with van der Waals surface area (Å²) in [5.74, 6) is 0.754. The van der Waals surface area contributed by atoms with Gasteiger partial charge in [-0.15, -0.1) is 0 Å². The summed E-state index contributed by atoms with van der Waals surface area (Å²) in [4.78, 5) is 36.6. The number of likely N-dealkylation sites (tertiary alicyclic amines) is 1. The van der Waals surface area contributed by atoms with Gasteiger partial charge in [-0.25, -0.2) is 4.98 Å². The van der Waals surface area contributed by atoms with E-state index in [1.165, 1.54) is 0 Å². The van der Waals surface area contributed by atoms with E-state index in [0.717, 1.165) is 35.5 Å². The third kappa shape index (κ3) is 4.04. The standard InChI is InChI=1S/C27H25BN6O2/c28-22-16-31-34-25(30-15-17-4-3-9-29-14-17)13-23(32-26(22)34)18-7-10-33(11-8-18)27(36)21-12-24(35)20-6-2-1-5-19(20)21/h1-6,9,13-14,16,18,21,30H,7-8,10-12,15H2. The molecule has 6 rings (SSSR count). The summed E-state index contributed by atoms with van der Waals surface area (Å²) >= 11 is 0. The van der Waals surface area contributed by atoms with Crippen LogP contribution < -0.4 is 10.8 Å². The number of carbonyl (C=O) groups is 2. The number of aromatic nitrogens is 4. The molecule has 1 aromatic carbocycles. The molecule has 0 saturated carbocycles. The van der Waals surface area contributed by atoms with Gasteiger partial charge in [0.1, 0.15) is 19.3 Å². The highest BCUT2D eigenvalue weighted by Gasteiger charge is 2.37. The van der Waals surface area contributed by atoms with Crippen LogP contribution in [0, 0.1) is 0 Å². The maximum Gasteiger partial charge on any atom is 0.230 e. The number of benzene rings is 1. The van der Waals surface area contributed by atoms with Gasteiger partial charge < -0.3 is 10.2 Å². The van der Waals surface area contributed by atoms with Crippen molar-refractivity contribution in [1.82, 2.24) is 24.5 Å². The zero-order chi connectivity index (χ0) is 24.6. The van der Waals surface area contributed by atoms with E-state index in [0.29, 0.717) is 36.3 Å². The zero-order valence-electron chi connectivity index (χ0n) is 19.8. The van der Waals surface area contributed by atoms with Crippen molar-refractivity contribution in [2.24, 2.45) is 0 Å². The Bertz CT molecular complexity index is 1450. The summed E-state index contributed by atoms with van der Waals surface area (Å²) in [6, 6.07) is 13.4. The minimum absolute atomic E-state index is 0.0500. The van der Waals surface area contributed by atoms with E-state index >= 15 is 0 Å². The fraction of sp³-hybridized carbons (Fsp3) is 0.296. The number of anilines is 1. The molecule has 0 spiro atoms. The quantitative estimate of drug-likeness (QED) is 0.446. The fourth-order valence-electron chi connectivity index (χ4n) is 5.33. The number of ketones is 1. The van der Waals surface area contributed by atoms with E-state index in [1.807, 2.05) is 53.6 Å². The number of hydrogen-bond donors (Lipinski definition) is 1. The Morgan fingerprint density at radius 2 is 1.94 bits per heavy atom. The van der Waals surface area contributed by atoms with Crippen molar-refractivity contribution in [1.29, 1.82) is 0 Å². The molecule has 2 radical (unpaired) electrons. The van der Waals surface area contributed by atoms with Gasteiger partial charge in [0.25, 0.3) is 0 Å². The normalized spacial score (nSPS) is 17.9. The number of carbonyl (C=O) groups excluding carboxylic acids is 2. The van der Waals surface area contributed by atoms with Gasteiger partial charge in [0.15, 0.2) is 5.78 Å². The maximum atomic E-state index is 13.3. The van der Waals surface area contributed by atoms with Gasteiger partial charge in [-0.2, -0.15) is 9.61 Å². The molecule has 1 unspecified atom stereocenters. The smallest absolute Gasteiger partial charge is 0.230 e. The van der Waals surface area contributed by atoms with Crippen LogP contribution in [-0.4, -0.2) is 57.1 Å². The lowest BCUT2D eigenvalue weighted by molar-refractivity contribution is -0.133. The Kier molecular flexibility index (Phi) is 5.75. The monoisotopic (exact) mass is 476 g/mol. The van der Waals surface area contributed by atoms with Crippen LogP contribution in [0.3, 0.4) is 0 Å². The Hall–Kier alpha value is -4.01. The van der Waals surface area contributed by atoms with Gasteiger partial charge in [0.2, 0.25) is 5.91 Å². The molecule has 1 aliphatic carbocycles. The molecule has 3 aromatic heterocycles. The summed E-state index contributed by atoms with van der Waals surface area (Å²) in [6.07, 6.45) is 7.06. The number of Topliss-reactive ketones (excluding diaryl/α,β-unsaturated/α-hetero) is 1. The third-order valence-electron chi connectivity index (χ3n) is 7.26. The largest absolute Gasteiger partial charge is 0.366 e. The minimum Gasteiger partial charge on any atom is -0.366 e. The molecule has 1 atom stereocenters. The molecule has 1 N–H and O–H groups in total. The predicted molar refractivity (Wildman–Crippen MR) is 137 cm³/mol. The highest BCUT2D eigenvalue weighted by atomic mass is 16.2. The number of rotatable bonds is 5. The Morgan fingerprint density at radius 1 is 1.11 bits per heavy atom. The molecule has 0 bridgehead atoms. The number of nitrogens with zero attached hydrogens (tertiary/aromatic N) is 5. The molecule has 4 heterocycles. The van der Waals surface area contributed by atoms with Crippen LogP contribution in [-0.2, 0) is 11.3 Å². The first kappa shape index (κ1) is 22.5. The maximum absolute atomic E-state index is 13.3. The molecular formula is C27H25BN6O2. The molecule has 1 amide bonds. The third-order valence-corrected chi connectivity index (χ3v) is 7.26. The highest BCUT2D eigenvalue weighted by molar-refractivity contribution is 6.36. The van der Waals surface area contributed by atoms with Crippen LogP contribution in [0.5, 0.6) is 0 Å². The second-order valence-corrected chi connectivity index (χ2v) is 9.48. The number of hydrogen-bond acceptors (Lipinski definition) is 6. The van der Waals surface area contributed by atoms with Crippen molar-refractivity contribution in [3.63, 3.8) is 0 Å². The Balaban J connectivity index is 1.18. The summed E-state index contributed by atoms with van der Waals surface area (Å²) in [7, 11) is 6.17. The molecule has 9 heteroatoms. The number of pyridine rings is 1. The molecule has 178 valence electrons. The molecule has 36 heavy (non-hydrogen) atoms. The van der Waals surface area contributed by atoms with Crippen LogP contribution in [0.25, 0.3) is 5.65 Å². The highest BCUT2D eigenvalue weighted by Crippen LogP contribution is 2.36. The SMILES string of the molecule is [B]c1cnn2c(NCc3cccnc3)cc(C3CCN(C(=O)C4CC(=O)c5ccccc54)CC3)nc12. The minimum atomic E-state index is -0.366. The number of fused-ring (bicyclic) bond motifs is 2. The van der Waals surface area contributed by atoms with Gasteiger partial charge in [-0.1, -0.05) is 30.3 Å². The predicted octanol–water partition coefficient (Wildman–Crippen LogP) is 2.61. The summed E-state index contributed by atoms with van der Waals surface area (Å²) < 4.78 is 1.72. The molecule has 1 saturated heterocycles. The molecule has 1 fully saturated rings. The Morgan fingerprint density at radius 3 is 2.75 bits per heavy atom. The summed E-state index contributed by atoms with van der Waals surface area (Å²) in [5, 5.41) is 7.83. The topological polar surface area (TPSA) is 92.5 Å². The van der Waals surface area contributed by atoms with Crippen LogP contribution in [0.2, 0.25) is 0 Å². The molecule has 8 nitrogen and oxygen atoms in total. The molecule has 4 aromatic rings. The van der Waals surface area contributed by atoms with Crippen LogP contribution in [0.15, 0.2) is 61.1 Å². The second kappa shape index (κ2) is 9.22. The van der Waals surface area contributed by atoms with Gasteiger partial charge in [-0.3, -0.25) is 14.6 Å². The zero-order valence-corrected chi connectivity index (χ0v) is 19.8. The average molecular weight is 476 g/mol. The molecule has 2 aliphatic rings. The summed E-state index contributed by atoms with van der Waals surface area (Å²) in [6.45, 7) is 1.87. The van der Waals surface area contributed by atoms with Crippen molar-refractivity contribution in [2.45, 2.75) is 37.6 Å². The lowest BCUT2D eigenvalue weighted by atomic mass is 9.91. The van der Waals surface area contributed by atoms with E-state index < -0.39 is 0 Å². The number of piperidine rings is 1. The second-order valence-electron chi connectivity index (χ2n) is 9.48. The number of amides is 1. The lowest BCUT2D eigenvalue weighted by Gasteiger charge is -2.33. The van der Waals surface area contributed by atoms with Crippen molar-refractivity contribution < 1.29 is 9.59 Å². The van der Waals surface area contributed by atoms with E-state index in [1.54, 1.807) is 16.9 Å². The number of nitrogens with one attached hydrogen (secondary N) is 1. The Labute approximate surface area is 210 Å².